The fraction of sp³-hybridized carbons (Fsp3) is 0.368. The van der Waals surface area contributed by atoms with E-state index in [1.807, 2.05) is 6.92 Å². The third-order valence-electron chi connectivity index (χ3n) is 5.19. The molecule has 3 atom stereocenters. The summed E-state index contributed by atoms with van der Waals surface area (Å²) in [6.07, 6.45) is -0.505. The van der Waals surface area contributed by atoms with Gasteiger partial charge in [0, 0.05) is 27.2 Å². The molecule has 2 unspecified atom stereocenters. The molecular weight excluding hydrogens is 394 g/mol. The molecule has 0 bridgehead atoms. The Morgan fingerprint density at radius 2 is 2.04 bits per heavy atom. The number of rotatable bonds is 4. The smallest absolute Gasteiger partial charge is 0.259 e. The van der Waals surface area contributed by atoms with Crippen molar-refractivity contribution in [2.75, 3.05) is 6.61 Å². The minimum absolute atomic E-state index is 0.0769. The zero-order valence-corrected chi connectivity index (χ0v) is 16.1. The Kier molecular flexibility index (Phi) is 5.20. The van der Waals surface area contributed by atoms with Gasteiger partial charge in [-0.15, -0.1) is 0 Å². The Labute approximate surface area is 165 Å². The maximum Gasteiger partial charge on any atom is 0.259 e. The van der Waals surface area contributed by atoms with E-state index in [4.69, 9.17) is 28.9 Å². The van der Waals surface area contributed by atoms with Crippen LogP contribution >= 0.6 is 23.2 Å². The van der Waals surface area contributed by atoms with Crippen LogP contribution in [-0.4, -0.2) is 27.7 Å². The molecule has 1 amide bonds. The van der Waals surface area contributed by atoms with Gasteiger partial charge in [-0.1, -0.05) is 42.3 Å². The molecule has 5 nitrogen and oxygen atoms in total. The van der Waals surface area contributed by atoms with E-state index in [1.165, 1.54) is 6.07 Å². The van der Waals surface area contributed by atoms with Gasteiger partial charge in [-0.25, -0.2) is 4.39 Å². The number of carbonyl (C=O) groups is 1. The molecule has 2 aromatic rings. The third kappa shape index (κ3) is 3.31. The lowest BCUT2D eigenvalue weighted by molar-refractivity contribution is -0.134. The number of amides is 1. The Morgan fingerprint density at radius 1 is 1.33 bits per heavy atom. The summed E-state index contributed by atoms with van der Waals surface area (Å²) in [5.74, 6) is -1.44. The van der Waals surface area contributed by atoms with Crippen LogP contribution in [0, 0.1) is 0 Å². The first kappa shape index (κ1) is 20.0. The van der Waals surface area contributed by atoms with Crippen LogP contribution in [0.1, 0.15) is 48.2 Å². The summed E-state index contributed by atoms with van der Waals surface area (Å²) in [4.78, 5) is 16.1. The number of hydrogen-bond acceptors (Lipinski definition) is 4. The van der Waals surface area contributed by atoms with Gasteiger partial charge >= 0.3 is 0 Å². The van der Waals surface area contributed by atoms with Crippen molar-refractivity contribution < 1.29 is 19.4 Å². The Bertz CT molecular complexity index is 911. The van der Waals surface area contributed by atoms with Crippen molar-refractivity contribution in [2.24, 2.45) is 5.73 Å². The number of nitrogens with zero attached hydrogens (tertiary/aromatic N) is 1. The quantitative estimate of drug-likeness (QED) is 0.718. The minimum atomic E-state index is -2.44. The maximum atomic E-state index is 15.2. The van der Waals surface area contributed by atoms with Gasteiger partial charge in [0.15, 0.2) is 0 Å². The van der Waals surface area contributed by atoms with Gasteiger partial charge in [0.1, 0.15) is 5.60 Å². The number of nitrogens with two attached hydrogens (primary N) is 1. The second kappa shape index (κ2) is 7.02. The lowest BCUT2D eigenvalue weighted by Crippen LogP contribution is -2.47. The molecular formula is C19H19Cl2FN2O3. The molecule has 1 heterocycles. The molecule has 0 spiro atoms. The van der Waals surface area contributed by atoms with E-state index in [1.54, 1.807) is 24.3 Å². The van der Waals surface area contributed by atoms with Gasteiger partial charge in [0.2, 0.25) is 5.67 Å². The zero-order chi connectivity index (χ0) is 20.0. The van der Waals surface area contributed by atoms with E-state index in [-0.39, 0.29) is 30.0 Å². The normalized spacial score (nSPS) is 25.7. The molecule has 27 heavy (non-hydrogen) atoms. The molecule has 1 aliphatic carbocycles. The number of halogens is 3. The van der Waals surface area contributed by atoms with Crippen molar-refractivity contribution in [3.05, 3.63) is 62.9 Å². The van der Waals surface area contributed by atoms with E-state index in [2.05, 4.69) is 4.98 Å². The SMILES string of the molecule is C[C@@H](c1ccc2c(n1)C(O)(CO)CCC2(F)C(N)=O)c1ccc(Cl)cc1Cl. The van der Waals surface area contributed by atoms with Gasteiger partial charge in [-0.2, -0.15) is 0 Å². The Hall–Kier alpha value is -1.73. The Balaban J connectivity index is 2.13. The van der Waals surface area contributed by atoms with Crippen LogP contribution in [0.2, 0.25) is 10.0 Å². The highest BCUT2D eigenvalue weighted by molar-refractivity contribution is 6.35. The lowest BCUT2D eigenvalue weighted by atomic mass is 9.74. The number of hydrogen-bond donors (Lipinski definition) is 3. The molecule has 1 aromatic carbocycles. The van der Waals surface area contributed by atoms with E-state index in [9.17, 15) is 15.0 Å². The average Bonchev–Trinajstić information content (AvgIpc) is 2.64. The minimum Gasteiger partial charge on any atom is -0.393 e. The van der Waals surface area contributed by atoms with Gasteiger partial charge in [0.25, 0.3) is 5.91 Å². The van der Waals surface area contributed by atoms with Crippen molar-refractivity contribution in [1.82, 2.24) is 4.98 Å². The van der Waals surface area contributed by atoms with E-state index in [0.717, 1.165) is 5.56 Å². The van der Waals surface area contributed by atoms with Gasteiger partial charge in [0.05, 0.1) is 12.3 Å². The average molecular weight is 413 g/mol. The summed E-state index contributed by atoms with van der Waals surface area (Å²) in [5.41, 5.74) is 2.12. The topological polar surface area (TPSA) is 96.4 Å². The number of primary amides is 1. The van der Waals surface area contributed by atoms with Crippen molar-refractivity contribution in [1.29, 1.82) is 0 Å². The van der Waals surface area contributed by atoms with Crippen LogP contribution in [0.15, 0.2) is 30.3 Å². The number of alkyl halides is 1. The summed E-state index contributed by atoms with van der Waals surface area (Å²) in [6, 6.07) is 8.02. The van der Waals surface area contributed by atoms with Crippen LogP contribution in [0.25, 0.3) is 0 Å². The number of pyridine rings is 1. The number of fused-ring (bicyclic) bond motifs is 1. The number of aliphatic hydroxyl groups is 2. The molecule has 3 rings (SSSR count). The zero-order valence-electron chi connectivity index (χ0n) is 14.5. The number of benzene rings is 1. The van der Waals surface area contributed by atoms with Crippen LogP contribution < -0.4 is 5.73 Å². The predicted octanol–water partition coefficient (Wildman–Crippen LogP) is 3.16. The predicted molar refractivity (Wildman–Crippen MR) is 100 cm³/mol. The van der Waals surface area contributed by atoms with Crippen molar-refractivity contribution >= 4 is 29.1 Å². The molecule has 1 aliphatic rings. The lowest BCUT2D eigenvalue weighted by Gasteiger charge is -2.38. The largest absolute Gasteiger partial charge is 0.393 e. The summed E-state index contributed by atoms with van der Waals surface area (Å²) >= 11 is 12.2. The number of aliphatic hydroxyl groups excluding tert-OH is 1. The standard InChI is InChI=1S/C19H19Cl2FN2O3/c1-10(12-3-2-11(20)8-14(12)21)15-5-4-13-16(24-15)18(27,9-25)6-7-19(13,22)17(23)26/h2-5,8,10,25,27H,6-7,9H2,1H3,(H2,23,26)/t10-,18?,19?/m1/s1. The van der Waals surface area contributed by atoms with Crippen molar-refractivity contribution in [3.63, 3.8) is 0 Å². The van der Waals surface area contributed by atoms with Crippen molar-refractivity contribution in [3.8, 4) is 0 Å². The monoisotopic (exact) mass is 412 g/mol. The van der Waals surface area contributed by atoms with Crippen LogP contribution in [0.5, 0.6) is 0 Å². The Morgan fingerprint density at radius 3 is 2.63 bits per heavy atom. The molecule has 0 aliphatic heterocycles. The van der Waals surface area contributed by atoms with E-state index >= 15 is 4.39 Å². The summed E-state index contributed by atoms with van der Waals surface area (Å²) in [6.45, 7) is 1.20. The van der Waals surface area contributed by atoms with Gasteiger partial charge in [-0.3, -0.25) is 9.78 Å². The highest BCUT2D eigenvalue weighted by atomic mass is 35.5. The summed E-state index contributed by atoms with van der Waals surface area (Å²) in [5, 5.41) is 21.3. The highest BCUT2D eigenvalue weighted by Gasteiger charge is 2.51. The molecule has 0 saturated heterocycles. The highest BCUT2D eigenvalue weighted by Crippen LogP contribution is 2.45. The second-order valence-corrected chi connectivity index (χ2v) is 7.72. The molecule has 0 saturated carbocycles. The van der Waals surface area contributed by atoms with Crippen LogP contribution in [0.4, 0.5) is 4.39 Å². The van der Waals surface area contributed by atoms with Crippen LogP contribution in [0.3, 0.4) is 0 Å². The van der Waals surface area contributed by atoms with Gasteiger partial charge in [-0.05, 0) is 36.6 Å². The van der Waals surface area contributed by atoms with E-state index in [0.29, 0.717) is 15.7 Å². The van der Waals surface area contributed by atoms with Crippen LogP contribution in [-0.2, 0) is 16.1 Å². The molecule has 1 aromatic heterocycles. The first-order valence-corrected chi connectivity index (χ1v) is 9.17. The first-order chi connectivity index (χ1) is 12.6. The van der Waals surface area contributed by atoms with Gasteiger partial charge < -0.3 is 15.9 Å². The third-order valence-corrected chi connectivity index (χ3v) is 5.75. The summed E-state index contributed by atoms with van der Waals surface area (Å²) < 4.78 is 15.2. The fourth-order valence-electron chi connectivity index (χ4n) is 3.44. The fourth-order valence-corrected chi connectivity index (χ4v) is 4.02. The van der Waals surface area contributed by atoms with Crippen molar-refractivity contribution in [2.45, 2.75) is 37.0 Å². The second-order valence-electron chi connectivity index (χ2n) is 6.87. The summed E-state index contributed by atoms with van der Waals surface area (Å²) in [7, 11) is 0. The maximum absolute atomic E-state index is 15.2. The first-order valence-electron chi connectivity index (χ1n) is 8.41. The molecule has 144 valence electrons. The molecule has 0 fully saturated rings. The number of carbonyl (C=O) groups excluding carboxylic acids is 1. The molecule has 0 radical (unpaired) electrons. The van der Waals surface area contributed by atoms with E-state index < -0.39 is 23.8 Å². The molecule has 4 N–H and O–H groups in total. The molecule has 8 heteroatoms. The number of aromatic nitrogens is 1.